The highest BCUT2D eigenvalue weighted by atomic mass is 16.4. The Morgan fingerprint density at radius 2 is 1.04 bits per heavy atom. The number of primary amides is 1. The molecule has 0 rings (SSSR count). The summed E-state index contributed by atoms with van der Waals surface area (Å²) >= 11 is 0. The van der Waals surface area contributed by atoms with Crippen LogP contribution in [0.15, 0.2) is 0 Å². The topological polar surface area (TPSA) is 315 Å². The molecule has 0 fully saturated rings. The maximum absolute atomic E-state index is 13.4. The Hall–Kier alpha value is -4.32. The third-order valence-corrected chi connectivity index (χ3v) is 7.17. The van der Waals surface area contributed by atoms with Crippen LogP contribution >= 0.6 is 0 Å². The Morgan fingerprint density at radius 3 is 1.46 bits per heavy atom. The molecule has 6 amide bonds. The van der Waals surface area contributed by atoms with Gasteiger partial charge in [0.25, 0.3) is 0 Å². The summed E-state index contributed by atoms with van der Waals surface area (Å²) in [5.74, 6) is -9.55. The maximum Gasteiger partial charge on any atom is 0.326 e. The summed E-state index contributed by atoms with van der Waals surface area (Å²) in [6.07, 6.45) is -0.0702. The third kappa shape index (κ3) is 16.5. The van der Waals surface area contributed by atoms with Gasteiger partial charge in [-0.3, -0.25) is 33.6 Å². The van der Waals surface area contributed by atoms with Crippen LogP contribution in [-0.2, 0) is 38.4 Å². The zero-order valence-corrected chi connectivity index (χ0v) is 28.5. The molecule has 18 nitrogen and oxygen atoms in total. The summed E-state index contributed by atoms with van der Waals surface area (Å²) in [4.78, 5) is 100. The van der Waals surface area contributed by atoms with Crippen molar-refractivity contribution in [3.05, 3.63) is 0 Å². The number of nitrogens with one attached hydrogen (secondary N) is 5. The highest BCUT2D eigenvalue weighted by Crippen LogP contribution is 2.10. The van der Waals surface area contributed by atoms with Gasteiger partial charge in [0, 0.05) is 0 Å². The smallest absolute Gasteiger partial charge is 0.326 e. The van der Waals surface area contributed by atoms with E-state index in [0.717, 1.165) is 0 Å². The second kappa shape index (κ2) is 21.5. The molecule has 0 aromatic heterocycles. The maximum atomic E-state index is 13.4. The summed E-state index contributed by atoms with van der Waals surface area (Å²) in [6.45, 7) is 10.4. The molecule has 6 atom stereocenters. The van der Waals surface area contributed by atoms with E-state index in [1.807, 2.05) is 0 Å². The molecule has 0 saturated heterocycles. The highest BCUT2D eigenvalue weighted by Gasteiger charge is 2.35. The first-order valence-corrected chi connectivity index (χ1v) is 15.9. The molecule has 274 valence electrons. The Labute approximate surface area is 280 Å². The molecule has 0 heterocycles. The van der Waals surface area contributed by atoms with E-state index in [2.05, 4.69) is 26.6 Å². The molecular weight excluding hydrogens is 632 g/mol. The van der Waals surface area contributed by atoms with Gasteiger partial charge in [-0.2, -0.15) is 0 Å². The minimum absolute atomic E-state index is 0.0143. The molecule has 0 aromatic carbocycles. The minimum atomic E-state index is -1.78. The molecule has 0 aromatic rings. The molecule has 0 radical (unpaired) electrons. The first-order chi connectivity index (χ1) is 22.2. The lowest BCUT2D eigenvalue weighted by molar-refractivity contribution is -0.144. The molecule has 0 saturated carbocycles. The normalized spacial score (nSPS) is 15.0. The lowest BCUT2D eigenvalue weighted by Gasteiger charge is -2.29. The predicted octanol–water partition coefficient (Wildman–Crippen LogP) is -2.34. The third-order valence-electron chi connectivity index (χ3n) is 7.17. The van der Waals surface area contributed by atoms with Crippen molar-refractivity contribution in [1.82, 2.24) is 26.6 Å². The van der Waals surface area contributed by atoms with Crippen molar-refractivity contribution in [2.45, 2.75) is 116 Å². The van der Waals surface area contributed by atoms with E-state index in [0.29, 0.717) is 25.8 Å². The average molecular weight is 687 g/mol. The largest absolute Gasteiger partial charge is 0.481 e. The Kier molecular flexibility index (Phi) is 19.6. The molecule has 0 bridgehead atoms. The van der Waals surface area contributed by atoms with Crippen LogP contribution in [-0.4, -0.2) is 100 Å². The van der Waals surface area contributed by atoms with Crippen molar-refractivity contribution in [1.29, 1.82) is 0 Å². The fourth-order valence-corrected chi connectivity index (χ4v) is 4.51. The fraction of sp³-hybridized carbons (Fsp3) is 0.733. The van der Waals surface area contributed by atoms with Gasteiger partial charge in [0.2, 0.25) is 35.4 Å². The van der Waals surface area contributed by atoms with Gasteiger partial charge in [0.15, 0.2) is 0 Å². The molecule has 0 spiro atoms. The Morgan fingerprint density at radius 1 is 0.604 bits per heavy atom. The number of hydrogen-bond donors (Lipinski definition) is 10. The summed E-state index contributed by atoms with van der Waals surface area (Å²) in [5, 5.41) is 30.6. The molecule has 0 aliphatic rings. The van der Waals surface area contributed by atoms with Crippen molar-refractivity contribution in [2.24, 2.45) is 35.0 Å². The van der Waals surface area contributed by atoms with Crippen LogP contribution in [0, 0.1) is 17.8 Å². The number of carbonyl (C=O) groups excluding carboxylic acids is 6. The zero-order valence-electron chi connectivity index (χ0n) is 28.5. The number of unbranched alkanes of at least 4 members (excludes halogenated alkanes) is 1. The lowest BCUT2D eigenvalue weighted by atomic mass is 9.98. The van der Waals surface area contributed by atoms with E-state index in [1.165, 1.54) is 0 Å². The molecule has 0 unspecified atom stereocenters. The number of aliphatic carboxylic acids is 2. The van der Waals surface area contributed by atoms with Crippen molar-refractivity contribution < 1.29 is 48.6 Å². The van der Waals surface area contributed by atoms with Crippen LogP contribution < -0.4 is 43.8 Å². The first kappa shape index (κ1) is 43.7. The van der Waals surface area contributed by atoms with Crippen LogP contribution in [0.3, 0.4) is 0 Å². The molecule has 13 N–H and O–H groups in total. The quantitative estimate of drug-likeness (QED) is 0.0506. The van der Waals surface area contributed by atoms with E-state index >= 15 is 0 Å². The number of nitrogens with two attached hydrogens (primary N) is 3. The van der Waals surface area contributed by atoms with Crippen molar-refractivity contribution in [3.8, 4) is 0 Å². The van der Waals surface area contributed by atoms with Crippen molar-refractivity contribution in [3.63, 3.8) is 0 Å². The molecule has 0 aliphatic heterocycles. The van der Waals surface area contributed by atoms with Gasteiger partial charge in [-0.05, 0) is 43.6 Å². The minimum Gasteiger partial charge on any atom is -0.481 e. The summed E-state index contributed by atoms with van der Waals surface area (Å²) in [6, 6.07) is -8.14. The van der Waals surface area contributed by atoms with Gasteiger partial charge in [-0.25, -0.2) is 4.79 Å². The summed E-state index contributed by atoms with van der Waals surface area (Å²) in [7, 11) is 0. The highest BCUT2D eigenvalue weighted by molar-refractivity contribution is 5.98. The standard InChI is InChI=1S/C30H54N8O10/c1-14(2)11-20(30(47)48)36-27(44)19(13-22(40)41)34-26(43)18(12-21(33)39)35-28(45)23(15(3)4)38-29(46)24(16(5)6)37-25(42)17(32)9-7-8-10-31/h14-20,23-24H,7-13,31-32H2,1-6H3,(H2,33,39)(H,34,43)(H,35,45)(H,36,44)(H,37,42)(H,38,46)(H,40,41)(H,47,48)/t17-,18-,19-,20-,23-,24-/m0/s1. The number of carbonyl (C=O) groups is 8. The SMILES string of the molecule is CC(C)C[C@H](NC(=O)[C@H](CC(=O)O)NC(=O)[C@H](CC(N)=O)NC(=O)[C@@H](NC(=O)[C@@H](NC(=O)[C@@H](N)CCCCN)C(C)C)C(C)C)C(=O)O. The monoisotopic (exact) mass is 686 g/mol. The molecule has 18 heteroatoms. The predicted molar refractivity (Wildman–Crippen MR) is 173 cm³/mol. The van der Waals surface area contributed by atoms with Gasteiger partial charge < -0.3 is 54.0 Å². The summed E-state index contributed by atoms with van der Waals surface area (Å²) < 4.78 is 0. The van der Waals surface area contributed by atoms with Crippen LogP contribution in [0.25, 0.3) is 0 Å². The van der Waals surface area contributed by atoms with Crippen LogP contribution in [0.4, 0.5) is 0 Å². The number of rotatable bonds is 23. The van der Waals surface area contributed by atoms with Crippen molar-refractivity contribution >= 4 is 47.4 Å². The Bertz CT molecular complexity index is 1150. The molecule has 48 heavy (non-hydrogen) atoms. The van der Waals surface area contributed by atoms with Crippen LogP contribution in [0.1, 0.15) is 80.1 Å². The first-order valence-electron chi connectivity index (χ1n) is 15.9. The molecular formula is C30H54N8O10. The number of amides is 6. The summed E-state index contributed by atoms with van der Waals surface area (Å²) in [5.41, 5.74) is 16.7. The van der Waals surface area contributed by atoms with E-state index in [9.17, 15) is 48.6 Å². The van der Waals surface area contributed by atoms with Gasteiger partial charge in [-0.1, -0.05) is 48.0 Å². The zero-order chi connectivity index (χ0) is 37.3. The Balaban J connectivity index is 5.97. The van der Waals surface area contributed by atoms with Crippen LogP contribution in [0.5, 0.6) is 0 Å². The number of carboxylic acids is 2. The number of hydrogen-bond acceptors (Lipinski definition) is 10. The average Bonchev–Trinajstić information content (AvgIpc) is 2.95. The van der Waals surface area contributed by atoms with E-state index in [-0.39, 0.29) is 12.3 Å². The second-order valence-corrected chi connectivity index (χ2v) is 12.8. The van der Waals surface area contributed by atoms with Gasteiger partial charge in [0.05, 0.1) is 18.9 Å². The van der Waals surface area contributed by atoms with Gasteiger partial charge in [-0.15, -0.1) is 0 Å². The fourth-order valence-electron chi connectivity index (χ4n) is 4.51. The molecule has 0 aliphatic carbocycles. The van der Waals surface area contributed by atoms with E-state index < -0.39 is 108 Å². The van der Waals surface area contributed by atoms with E-state index in [1.54, 1.807) is 41.5 Å². The lowest BCUT2D eigenvalue weighted by Crippen LogP contribution is -2.61. The van der Waals surface area contributed by atoms with Gasteiger partial charge >= 0.3 is 11.9 Å². The second-order valence-electron chi connectivity index (χ2n) is 12.8. The number of carboxylic acid groups (broad SMARTS) is 2. The van der Waals surface area contributed by atoms with Crippen LogP contribution in [0.2, 0.25) is 0 Å². The van der Waals surface area contributed by atoms with Gasteiger partial charge in [0.1, 0.15) is 30.2 Å². The van der Waals surface area contributed by atoms with Crippen molar-refractivity contribution in [2.75, 3.05) is 6.54 Å². The van der Waals surface area contributed by atoms with E-state index in [4.69, 9.17) is 17.2 Å².